The molecule has 3 heteroatoms. The van der Waals surface area contributed by atoms with Gasteiger partial charge in [0.25, 0.3) is 0 Å². The summed E-state index contributed by atoms with van der Waals surface area (Å²) in [6.07, 6.45) is 7.07. The van der Waals surface area contributed by atoms with Crippen LogP contribution in [-0.4, -0.2) is 35.3 Å². The standard InChI is InChI=1S/C12H23NOS/c14-12(5-2-1-3-6-12)10-13-8-11-4-7-15-9-11/h11,13-14H,1-10H2. The first-order valence-electron chi connectivity index (χ1n) is 6.29. The predicted molar refractivity (Wildman–Crippen MR) is 66.3 cm³/mol. The second-order valence-corrected chi connectivity index (χ2v) is 6.30. The van der Waals surface area contributed by atoms with E-state index in [1.165, 1.54) is 37.2 Å². The number of rotatable bonds is 4. The zero-order valence-corrected chi connectivity index (χ0v) is 10.3. The third kappa shape index (κ3) is 3.65. The summed E-state index contributed by atoms with van der Waals surface area (Å²) in [5, 5.41) is 13.8. The van der Waals surface area contributed by atoms with Gasteiger partial charge in [0.1, 0.15) is 0 Å². The molecular formula is C12H23NOS. The van der Waals surface area contributed by atoms with Crippen LogP contribution in [0.4, 0.5) is 0 Å². The Kier molecular flexibility index (Phi) is 4.35. The molecule has 1 saturated heterocycles. The van der Waals surface area contributed by atoms with E-state index >= 15 is 0 Å². The highest BCUT2D eigenvalue weighted by molar-refractivity contribution is 7.99. The molecule has 0 radical (unpaired) electrons. The van der Waals surface area contributed by atoms with Crippen molar-refractivity contribution in [2.24, 2.45) is 5.92 Å². The van der Waals surface area contributed by atoms with E-state index in [0.717, 1.165) is 31.8 Å². The molecule has 0 aromatic heterocycles. The van der Waals surface area contributed by atoms with Gasteiger partial charge < -0.3 is 10.4 Å². The molecule has 0 amide bonds. The summed E-state index contributed by atoms with van der Waals surface area (Å²) in [6, 6.07) is 0. The molecule has 15 heavy (non-hydrogen) atoms. The largest absolute Gasteiger partial charge is 0.389 e. The monoisotopic (exact) mass is 229 g/mol. The summed E-state index contributed by atoms with van der Waals surface area (Å²) in [7, 11) is 0. The van der Waals surface area contributed by atoms with E-state index in [9.17, 15) is 5.11 Å². The smallest absolute Gasteiger partial charge is 0.0771 e. The van der Waals surface area contributed by atoms with Crippen molar-refractivity contribution in [1.82, 2.24) is 5.32 Å². The second-order valence-electron chi connectivity index (χ2n) is 5.15. The summed E-state index contributed by atoms with van der Waals surface area (Å²) in [6.45, 7) is 1.92. The van der Waals surface area contributed by atoms with Gasteiger partial charge in [0.2, 0.25) is 0 Å². The van der Waals surface area contributed by atoms with Gasteiger partial charge in [-0.15, -0.1) is 0 Å². The van der Waals surface area contributed by atoms with Crippen molar-refractivity contribution in [2.75, 3.05) is 24.6 Å². The molecule has 0 bridgehead atoms. The van der Waals surface area contributed by atoms with Crippen molar-refractivity contribution in [2.45, 2.75) is 44.1 Å². The maximum Gasteiger partial charge on any atom is 0.0771 e. The van der Waals surface area contributed by atoms with E-state index in [-0.39, 0.29) is 5.60 Å². The Morgan fingerprint density at radius 2 is 2.07 bits per heavy atom. The van der Waals surface area contributed by atoms with Crippen molar-refractivity contribution in [3.05, 3.63) is 0 Å². The van der Waals surface area contributed by atoms with Crippen LogP contribution in [0.5, 0.6) is 0 Å². The van der Waals surface area contributed by atoms with Crippen LogP contribution in [0.1, 0.15) is 38.5 Å². The van der Waals surface area contributed by atoms with E-state index in [0.29, 0.717) is 0 Å². The molecule has 1 saturated carbocycles. The minimum absolute atomic E-state index is 0.385. The van der Waals surface area contributed by atoms with Crippen LogP contribution in [0.2, 0.25) is 0 Å². The van der Waals surface area contributed by atoms with Crippen LogP contribution in [0.25, 0.3) is 0 Å². The lowest BCUT2D eigenvalue weighted by atomic mass is 9.85. The third-order valence-corrected chi connectivity index (χ3v) is 4.93. The average Bonchev–Trinajstić information content (AvgIpc) is 2.71. The Hall–Kier alpha value is 0.270. The van der Waals surface area contributed by atoms with Crippen molar-refractivity contribution in [1.29, 1.82) is 0 Å². The average molecular weight is 229 g/mol. The van der Waals surface area contributed by atoms with Gasteiger partial charge in [-0.3, -0.25) is 0 Å². The summed E-state index contributed by atoms with van der Waals surface area (Å²) in [4.78, 5) is 0. The molecule has 0 aromatic carbocycles. The molecule has 1 aliphatic carbocycles. The fourth-order valence-electron chi connectivity index (χ4n) is 2.64. The first kappa shape index (κ1) is 11.7. The molecule has 88 valence electrons. The lowest BCUT2D eigenvalue weighted by molar-refractivity contribution is 0.00450. The van der Waals surface area contributed by atoms with Crippen LogP contribution in [0, 0.1) is 5.92 Å². The minimum atomic E-state index is -0.385. The van der Waals surface area contributed by atoms with Crippen LogP contribution in [-0.2, 0) is 0 Å². The van der Waals surface area contributed by atoms with Crippen LogP contribution in [0.3, 0.4) is 0 Å². The van der Waals surface area contributed by atoms with Crippen LogP contribution < -0.4 is 5.32 Å². The van der Waals surface area contributed by atoms with E-state index in [2.05, 4.69) is 17.1 Å². The van der Waals surface area contributed by atoms with Crippen LogP contribution in [0.15, 0.2) is 0 Å². The van der Waals surface area contributed by atoms with Crippen molar-refractivity contribution >= 4 is 11.8 Å². The minimum Gasteiger partial charge on any atom is -0.389 e. The second kappa shape index (κ2) is 5.55. The SMILES string of the molecule is OC1(CNCC2CCSC2)CCCCC1. The molecule has 1 heterocycles. The van der Waals surface area contributed by atoms with Crippen LogP contribution >= 0.6 is 11.8 Å². The quantitative estimate of drug-likeness (QED) is 0.773. The van der Waals surface area contributed by atoms with E-state index in [1.54, 1.807) is 0 Å². The molecule has 2 rings (SSSR count). The first-order chi connectivity index (χ1) is 7.29. The number of nitrogens with one attached hydrogen (secondary N) is 1. The summed E-state index contributed by atoms with van der Waals surface area (Å²) in [5.41, 5.74) is -0.385. The maximum atomic E-state index is 10.3. The van der Waals surface area contributed by atoms with Crippen molar-refractivity contribution in [3.8, 4) is 0 Å². The molecule has 2 aliphatic rings. The van der Waals surface area contributed by atoms with Gasteiger partial charge >= 0.3 is 0 Å². The molecular weight excluding hydrogens is 206 g/mol. The van der Waals surface area contributed by atoms with Crippen molar-refractivity contribution < 1.29 is 5.11 Å². The molecule has 2 N–H and O–H groups in total. The number of hydrogen-bond donors (Lipinski definition) is 2. The van der Waals surface area contributed by atoms with E-state index in [1.807, 2.05) is 0 Å². The van der Waals surface area contributed by atoms with E-state index in [4.69, 9.17) is 0 Å². The summed E-state index contributed by atoms with van der Waals surface area (Å²) >= 11 is 2.06. The zero-order chi connectivity index (χ0) is 10.6. The summed E-state index contributed by atoms with van der Waals surface area (Å²) < 4.78 is 0. The molecule has 1 atom stereocenters. The van der Waals surface area contributed by atoms with Gasteiger partial charge in [-0.2, -0.15) is 11.8 Å². The molecule has 2 fully saturated rings. The van der Waals surface area contributed by atoms with Gasteiger partial charge in [-0.05, 0) is 43.2 Å². The Balaban J connectivity index is 1.63. The first-order valence-corrected chi connectivity index (χ1v) is 7.45. The Bertz CT molecular complexity index is 186. The molecule has 2 nitrogen and oxygen atoms in total. The predicted octanol–water partition coefficient (Wildman–Crippen LogP) is 2.02. The highest BCUT2D eigenvalue weighted by Crippen LogP contribution is 2.27. The van der Waals surface area contributed by atoms with Gasteiger partial charge in [0.15, 0.2) is 0 Å². The van der Waals surface area contributed by atoms with Crippen molar-refractivity contribution in [3.63, 3.8) is 0 Å². The Morgan fingerprint density at radius 3 is 2.73 bits per heavy atom. The fourth-order valence-corrected chi connectivity index (χ4v) is 3.92. The number of aliphatic hydroxyl groups is 1. The molecule has 1 aliphatic heterocycles. The van der Waals surface area contributed by atoms with Gasteiger partial charge in [-0.25, -0.2) is 0 Å². The fraction of sp³-hybridized carbons (Fsp3) is 1.00. The van der Waals surface area contributed by atoms with Gasteiger partial charge in [-0.1, -0.05) is 19.3 Å². The Labute approximate surface area is 97.2 Å². The zero-order valence-electron chi connectivity index (χ0n) is 9.50. The summed E-state index contributed by atoms with van der Waals surface area (Å²) in [5.74, 6) is 3.49. The lowest BCUT2D eigenvalue weighted by Crippen LogP contribution is -2.43. The topological polar surface area (TPSA) is 32.3 Å². The Morgan fingerprint density at radius 1 is 1.27 bits per heavy atom. The van der Waals surface area contributed by atoms with Gasteiger partial charge in [0, 0.05) is 6.54 Å². The molecule has 0 aromatic rings. The highest BCUT2D eigenvalue weighted by Gasteiger charge is 2.28. The number of hydrogen-bond acceptors (Lipinski definition) is 3. The maximum absolute atomic E-state index is 10.3. The third-order valence-electron chi connectivity index (χ3n) is 3.70. The van der Waals surface area contributed by atoms with Gasteiger partial charge in [0.05, 0.1) is 5.60 Å². The normalized spacial score (nSPS) is 30.6. The van der Waals surface area contributed by atoms with E-state index < -0.39 is 0 Å². The molecule has 1 unspecified atom stereocenters. The number of thioether (sulfide) groups is 1. The lowest BCUT2D eigenvalue weighted by Gasteiger charge is -2.32. The highest BCUT2D eigenvalue weighted by atomic mass is 32.2. The molecule has 0 spiro atoms.